The molecule has 0 saturated heterocycles. The summed E-state index contributed by atoms with van der Waals surface area (Å²) in [5, 5.41) is 3.30. The minimum absolute atomic E-state index is 0.214. The van der Waals surface area contributed by atoms with Crippen LogP contribution in [-0.4, -0.2) is 19.3 Å². The van der Waals surface area contributed by atoms with Gasteiger partial charge in [0.05, 0.1) is 5.92 Å². The standard InChI is InChI=1S/C15H26F3N/c1-19-14(9-11-5-2-3-6-11)12-7-4-8-13(10-12)15(16,17)18/h11-14,19H,2-10H2,1H3. The zero-order chi connectivity index (χ0) is 13.9. The van der Waals surface area contributed by atoms with E-state index >= 15 is 0 Å². The first kappa shape index (κ1) is 15.1. The smallest absolute Gasteiger partial charge is 0.317 e. The molecular weight excluding hydrogens is 251 g/mol. The van der Waals surface area contributed by atoms with Gasteiger partial charge in [0.25, 0.3) is 0 Å². The first-order valence-electron chi connectivity index (χ1n) is 7.74. The summed E-state index contributed by atoms with van der Waals surface area (Å²) < 4.78 is 38.6. The molecule has 0 heterocycles. The third-order valence-electron chi connectivity index (χ3n) is 5.18. The summed E-state index contributed by atoms with van der Waals surface area (Å²) >= 11 is 0. The fourth-order valence-corrected chi connectivity index (χ4v) is 4.04. The molecule has 0 aromatic heterocycles. The van der Waals surface area contributed by atoms with Gasteiger partial charge in [0.1, 0.15) is 0 Å². The topological polar surface area (TPSA) is 12.0 Å². The maximum atomic E-state index is 12.9. The highest BCUT2D eigenvalue weighted by molar-refractivity contribution is 4.86. The van der Waals surface area contributed by atoms with Gasteiger partial charge >= 0.3 is 6.18 Å². The molecule has 0 radical (unpaired) electrons. The van der Waals surface area contributed by atoms with E-state index in [-0.39, 0.29) is 12.0 Å². The first-order chi connectivity index (χ1) is 9.00. The van der Waals surface area contributed by atoms with Gasteiger partial charge in [0.2, 0.25) is 0 Å². The molecule has 2 rings (SSSR count). The molecule has 0 amide bonds. The van der Waals surface area contributed by atoms with Gasteiger partial charge < -0.3 is 5.32 Å². The fourth-order valence-electron chi connectivity index (χ4n) is 4.04. The van der Waals surface area contributed by atoms with Crippen molar-refractivity contribution in [3.63, 3.8) is 0 Å². The van der Waals surface area contributed by atoms with Crippen LogP contribution in [-0.2, 0) is 0 Å². The van der Waals surface area contributed by atoms with Crippen molar-refractivity contribution in [2.45, 2.75) is 70.0 Å². The Bertz CT molecular complexity index is 271. The number of nitrogens with one attached hydrogen (secondary N) is 1. The molecule has 0 aromatic carbocycles. The summed E-state index contributed by atoms with van der Waals surface area (Å²) in [5.74, 6) is -0.111. The quantitative estimate of drug-likeness (QED) is 0.796. The number of hydrogen-bond donors (Lipinski definition) is 1. The average molecular weight is 277 g/mol. The molecule has 2 saturated carbocycles. The van der Waals surface area contributed by atoms with Crippen molar-refractivity contribution < 1.29 is 13.2 Å². The van der Waals surface area contributed by atoms with Gasteiger partial charge in [0.15, 0.2) is 0 Å². The van der Waals surface area contributed by atoms with Crippen LogP contribution < -0.4 is 5.32 Å². The maximum absolute atomic E-state index is 12.9. The second-order valence-electron chi connectivity index (χ2n) is 6.45. The average Bonchev–Trinajstić information content (AvgIpc) is 2.88. The monoisotopic (exact) mass is 277 g/mol. The van der Waals surface area contributed by atoms with E-state index in [1.165, 1.54) is 25.7 Å². The van der Waals surface area contributed by atoms with Gasteiger partial charge in [-0.3, -0.25) is 0 Å². The molecule has 0 spiro atoms. The second-order valence-corrected chi connectivity index (χ2v) is 6.45. The lowest BCUT2D eigenvalue weighted by Gasteiger charge is -2.36. The van der Waals surface area contributed by atoms with E-state index in [1.807, 2.05) is 7.05 Å². The van der Waals surface area contributed by atoms with E-state index < -0.39 is 12.1 Å². The zero-order valence-electron chi connectivity index (χ0n) is 11.8. The van der Waals surface area contributed by atoms with Crippen LogP contribution in [0.4, 0.5) is 13.2 Å². The van der Waals surface area contributed by atoms with Crippen LogP contribution in [0.25, 0.3) is 0 Å². The minimum atomic E-state index is -4.00. The van der Waals surface area contributed by atoms with Crippen molar-refractivity contribution >= 4 is 0 Å². The van der Waals surface area contributed by atoms with Gasteiger partial charge in [-0.2, -0.15) is 13.2 Å². The molecule has 1 nitrogen and oxygen atoms in total. The molecule has 0 bridgehead atoms. The predicted octanol–water partition coefficient (Wildman–Crippen LogP) is 4.52. The Morgan fingerprint density at radius 2 is 1.74 bits per heavy atom. The highest BCUT2D eigenvalue weighted by Crippen LogP contribution is 2.42. The van der Waals surface area contributed by atoms with Crippen LogP contribution in [0.2, 0.25) is 0 Å². The maximum Gasteiger partial charge on any atom is 0.391 e. The summed E-state index contributed by atoms with van der Waals surface area (Å²) in [6.45, 7) is 0. The van der Waals surface area contributed by atoms with E-state index in [0.29, 0.717) is 12.8 Å². The molecule has 4 heteroatoms. The van der Waals surface area contributed by atoms with Crippen molar-refractivity contribution in [3.8, 4) is 0 Å². The van der Waals surface area contributed by atoms with Crippen molar-refractivity contribution in [2.75, 3.05) is 7.05 Å². The van der Waals surface area contributed by atoms with E-state index in [4.69, 9.17) is 0 Å². The lowest BCUT2D eigenvalue weighted by Crippen LogP contribution is -2.40. The fraction of sp³-hybridized carbons (Fsp3) is 1.00. The summed E-state index contributed by atoms with van der Waals surface area (Å²) in [6.07, 6.45) is 4.59. The number of halogens is 3. The van der Waals surface area contributed by atoms with Gasteiger partial charge in [0, 0.05) is 6.04 Å². The molecule has 3 unspecified atom stereocenters. The van der Waals surface area contributed by atoms with Crippen LogP contribution in [0.5, 0.6) is 0 Å². The molecule has 3 atom stereocenters. The normalized spacial score (nSPS) is 31.6. The largest absolute Gasteiger partial charge is 0.391 e. The Kier molecular flexibility index (Phi) is 5.15. The highest BCUT2D eigenvalue weighted by atomic mass is 19.4. The van der Waals surface area contributed by atoms with E-state index in [1.54, 1.807) is 0 Å². The van der Waals surface area contributed by atoms with Crippen molar-refractivity contribution in [3.05, 3.63) is 0 Å². The Balaban J connectivity index is 1.90. The summed E-state index contributed by atoms with van der Waals surface area (Å²) in [6, 6.07) is 0.285. The number of hydrogen-bond acceptors (Lipinski definition) is 1. The Morgan fingerprint density at radius 1 is 1.05 bits per heavy atom. The summed E-state index contributed by atoms with van der Waals surface area (Å²) in [7, 11) is 1.91. The van der Waals surface area contributed by atoms with Crippen molar-refractivity contribution in [1.29, 1.82) is 0 Å². The molecular formula is C15H26F3N. The van der Waals surface area contributed by atoms with Crippen LogP contribution in [0.3, 0.4) is 0 Å². The lowest BCUT2D eigenvalue weighted by atomic mass is 9.75. The van der Waals surface area contributed by atoms with Crippen LogP contribution >= 0.6 is 0 Å². The van der Waals surface area contributed by atoms with Crippen LogP contribution in [0.15, 0.2) is 0 Å². The van der Waals surface area contributed by atoms with Crippen molar-refractivity contribution in [1.82, 2.24) is 5.32 Å². The first-order valence-corrected chi connectivity index (χ1v) is 7.74. The van der Waals surface area contributed by atoms with Gasteiger partial charge in [-0.1, -0.05) is 32.1 Å². The molecule has 1 N–H and O–H groups in total. The molecule has 2 fully saturated rings. The third kappa shape index (κ3) is 4.11. The third-order valence-corrected chi connectivity index (χ3v) is 5.18. The van der Waals surface area contributed by atoms with Crippen LogP contribution in [0, 0.1) is 17.8 Å². The zero-order valence-corrected chi connectivity index (χ0v) is 11.8. The Labute approximate surface area is 114 Å². The number of alkyl halides is 3. The summed E-state index contributed by atoms with van der Waals surface area (Å²) in [4.78, 5) is 0. The van der Waals surface area contributed by atoms with Crippen LogP contribution in [0.1, 0.15) is 57.8 Å². The summed E-state index contributed by atoms with van der Waals surface area (Å²) in [5.41, 5.74) is 0. The molecule has 19 heavy (non-hydrogen) atoms. The van der Waals surface area contributed by atoms with Gasteiger partial charge in [-0.25, -0.2) is 0 Å². The van der Waals surface area contributed by atoms with E-state index in [9.17, 15) is 13.2 Å². The minimum Gasteiger partial charge on any atom is -0.317 e. The van der Waals surface area contributed by atoms with E-state index in [0.717, 1.165) is 25.2 Å². The van der Waals surface area contributed by atoms with E-state index in [2.05, 4.69) is 5.32 Å². The molecule has 112 valence electrons. The predicted molar refractivity (Wildman–Crippen MR) is 70.9 cm³/mol. The molecule has 2 aliphatic carbocycles. The Hall–Kier alpha value is -0.250. The second kappa shape index (κ2) is 6.47. The van der Waals surface area contributed by atoms with Gasteiger partial charge in [-0.05, 0) is 44.6 Å². The Morgan fingerprint density at radius 3 is 2.32 bits per heavy atom. The molecule has 0 aromatic rings. The van der Waals surface area contributed by atoms with Crippen molar-refractivity contribution in [2.24, 2.45) is 17.8 Å². The molecule has 2 aliphatic rings. The number of rotatable bonds is 4. The molecule has 0 aliphatic heterocycles. The highest BCUT2D eigenvalue weighted by Gasteiger charge is 2.43. The lowest BCUT2D eigenvalue weighted by molar-refractivity contribution is -0.186. The SMILES string of the molecule is CNC(CC1CCCC1)C1CCCC(C(F)(F)F)C1. The van der Waals surface area contributed by atoms with Gasteiger partial charge in [-0.15, -0.1) is 0 Å².